The summed E-state index contributed by atoms with van der Waals surface area (Å²) in [4.78, 5) is 22.9. The van der Waals surface area contributed by atoms with Crippen LogP contribution >= 0.6 is 0 Å². The van der Waals surface area contributed by atoms with Crippen molar-refractivity contribution >= 4 is 11.7 Å². The fourth-order valence-corrected chi connectivity index (χ4v) is 2.08. The number of nitrogens with one attached hydrogen (secondary N) is 1. The Balaban J connectivity index is 3.42. The van der Waals surface area contributed by atoms with Gasteiger partial charge in [-0.2, -0.15) is 0 Å². The molecule has 0 bridgehead atoms. The summed E-state index contributed by atoms with van der Waals surface area (Å²) < 4.78 is 0. The molecule has 21 heavy (non-hydrogen) atoms. The number of hydrogen-bond acceptors (Lipinski definition) is 4. The van der Waals surface area contributed by atoms with Crippen molar-refractivity contribution in [2.45, 2.75) is 77.2 Å². The predicted octanol–water partition coefficient (Wildman–Crippen LogP) is 1.95. The fraction of sp³-hybridized carbons (Fsp3) is 0.875. The number of amides is 1. The van der Waals surface area contributed by atoms with Gasteiger partial charge < -0.3 is 15.5 Å². The number of hydrogen-bond donors (Lipinski definition) is 3. The van der Waals surface area contributed by atoms with E-state index in [1.54, 1.807) is 0 Å². The highest BCUT2D eigenvalue weighted by atomic mass is 16.3. The molecule has 0 saturated carbocycles. The van der Waals surface area contributed by atoms with Crippen molar-refractivity contribution in [3.05, 3.63) is 0 Å². The van der Waals surface area contributed by atoms with Crippen LogP contribution in [-0.2, 0) is 9.59 Å². The highest BCUT2D eigenvalue weighted by Gasteiger charge is 2.13. The molecule has 124 valence electrons. The number of rotatable bonds is 14. The molecule has 0 saturated heterocycles. The Morgan fingerprint density at radius 3 is 2.00 bits per heavy atom. The van der Waals surface area contributed by atoms with E-state index in [0.717, 1.165) is 19.3 Å². The molecule has 0 aromatic carbocycles. The van der Waals surface area contributed by atoms with Crippen LogP contribution in [0.4, 0.5) is 0 Å². The van der Waals surface area contributed by atoms with E-state index >= 15 is 0 Å². The number of carbonyl (C=O) groups excluding carboxylic acids is 2. The van der Waals surface area contributed by atoms with Gasteiger partial charge >= 0.3 is 0 Å². The van der Waals surface area contributed by atoms with Crippen LogP contribution in [0.2, 0.25) is 0 Å². The highest BCUT2D eigenvalue weighted by molar-refractivity contribution is 6.36. The molecule has 0 rings (SSSR count). The van der Waals surface area contributed by atoms with Gasteiger partial charge in [0.05, 0.1) is 12.7 Å². The minimum absolute atomic E-state index is 0.0845. The smallest absolute Gasteiger partial charge is 0.287 e. The van der Waals surface area contributed by atoms with Crippen molar-refractivity contribution in [3.63, 3.8) is 0 Å². The summed E-state index contributed by atoms with van der Waals surface area (Å²) in [7, 11) is 0. The normalized spacial score (nSPS) is 12.1. The second kappa shape index (κ2) is 14.0. The SMILES string of the molecule is CCCCCCCCCCCC(=O)C(=O)NCC(O)CO. The van der Waals surface area contributed by atoms with Crippen molar-refractivity contribution in [2.75, 3.05) is 13.2 Å². The molecule has 0 radical (unpaired) electrons. The molecule has 0 fully saturated rings. The van der Waals surface area contributed by atoms with Crippen LogP contribution in [0.25, 0.3) is 0 Å². The Morgan fingerprint density at radius 2 is 1.48 bits per heavy atom. The van der Waals surface area contributed by atoms with Crippen molar-refractivity contribution in [1.82, 2.24) is 5.32 Å². The largest absolute Gasteiger partial charge is 0.394 e. The fourth-order valence-electron chi connectivity index (χ4n) is 2.08. The number of carbonyl (C=O) groups is 2. The average molecular weight is 301 g/mol. The summed E-state index contributed by atoms with van der Waals surface area (Å²) in [6.45, 7) is 1.70. The van der Waals surface area contributed by atoms with Crippen molar-refractivity contribution in [3.8, 4) is 0 Å². The van der Waals surface area contributed by atoms with Crippen LogP contribution in [0.3, 0.4) is 0 Å². The monoisotopic (exact) mass is 301 g/mol. The molecule has 1 unspecified atom stereocenters. The van der Waals surface area contributed by atoms with Crippen molar-refractivity contribution < 1.29 is 19.8 Å². The Morgan fingerprint density at radius 1 is 0.952 bits per heavy atom. The lowest BCUT2D eigenvalue weighted by Crippen LogP contribution is -2.37. The average Bonchev–Trinajstić information content (AvgIpc) is 2.50. The van der Waals surface area contributed by atoms with Gasteiger partial charge in [-0.1, -0.05) is 58.3 Å². The zero-order chi connectivity index (χ0) is 15.9. The molecule has 5 heteroatoms. The lowest BCUT2D eigenvalue weighted by molar-refractivity contribution is -0.138. The van der Waals surface area contributed by atoms with Gasteiger partial charge in [0, 0.05) is 13.0 Å². The van der Waals surface area contributed by atoms with E-state index < -0.39 is 24.4 Å². The second-order valence-electron chi connectivity index (χ2n) is 5.55. The molecule has 1 amide bonds. The molecule has 0 aliphatic carbocycles. The topological polar surface area (TPSA) is 86.6 Å². The second-order valence-corrected chi connectivity index (χ2v) is 5.55. The van der Waals surface area contributed by atoms with Gasteiger partial charge in [0.25, 0.3) is 5.91 Å². The number of Topliss-reactive ketones (excluding diaryl/α,β-unsaturated/α-hetero) is 1. The van der Waals surface area contributed by atoms with E-state index in [9.17, 15) is 9.59 Å². The first-order valence-corrected chi connectivity index (χ1v) is 8.21. The summed E-state index contributed by atoms with van der Waals surface area (Å²) in [6, 6.07) is 0. The number of aliphatic hydroxyl groups excluding tert-OH is 2. The Bertz CT molecular complexity index is 281. The van der Waals surface area contributed by atoms with Crippen LogP contribution in [0.15, 0.2) is 0 Å². The lowest BCUT2D eigenvalue weighted by atomic mass is 10.1. The van der Waals surface area contributed by atoms with Crippen LogP contribution in [0.1, 0.15) is 71.1 Å². The molecular weight excluding hydrogens is 270 g/mol. The van der Waals surface area contributed by atoms with E-state index in [2.05, 4.69) is 12.2 Å². The van der Waals surface area contributed by atoms with Crippen LogP contribution in [0, 0.1) is 0 Å². The Kier molecular flexibility index (Phi) is 13.4. The Hall–Kier alpha value is -0.940. The number of unbranched alkanes of at least 4 members (excludes halogenated alkanes) is 8. The molecule has 0 aliphatic heterocycles. The van der Waals surface area contributed by atoms with Crippen molar-refractivity contribution in [1.29, 1.82) is 0 Å². The summed E-state index contributed by atoms with van der Waals surface area (Å²) in [5.41, 5.74) is 0. The van der Waals surface area contributed by atoms with E-state index in [1.165, 1.54) is 38.5 Å². The quantitative estimate of drug-likeness (QED) is 0.338. The van der Waals surface area contributed by atoms with Crippen LogP contribution < -0.4 is 5.32 Å². The highest BCUT2D eigenvalue weighted by Crippen LogP contribution is 2.10. The molecule has 0 aromatic rings. The van der Waals surface area contributed by atoms with E-state index in [0.29, 0.717) is 0 Å². The summed E-state index contributed by atoms with van der Waals surface area (Å²) in [6.07, 6.45) is 9.73. The van der Waals surface area contributed by atoms with Gasteiger partial charge in [-0.3, -0.25) is 9.59 Å². The first-order valence-electron chi connectivity index (χ1n) is 8.21. The minimum atomic E-state index is -1.01. The summed E-state index contributed by atoms with van der Waals surface area (Å²) in [5, 5.41) is 20.0. The summed E-state index contributed by atoms with van der Waals surface area (Å²) >= 11 is 0. The Labute approximate surface area is 128 Å². The standard InChI is InChI=1S/C16H31NO4/c1-2-3-4-5-6-7-8-9-10-11-15(20)16(21)17-12-14(19)13-18/h14,18-19H,2-13H2,1H3,(H,17,21). The third kappa shape index (κ3) is 12.5. The van der Waals surface area contributed by atoms with Gasteiger partial charge in [-0.05, 0) is 6.42 Å². The maximum atomic E-state index is 11.5. The van der Waals surface area contributed by atoms with E-state index in [4.69, 9.17) is 10.2 Å². The van der Waals surface area contributed by atoms with Crippen LogP contribution in [-0.4, -0.2) is 41.2 Å². The molecule has 0 heterocycles. The first-order chi connectivity index (χ1) is 10.1. The van der Waals surface area contributed by atoms with Crippen LogP contribution in [0.5, 0.6) is 0 Å². The zero-order valence-electron chi connectivity index (χ0n) is 13.3. The molecule has 1 atom stereocenters. The molecule has 5 nitrogen and oxygen atoms in total. The van der Waals surface area contributed by atoms with Gasteiger partial charge in [0.2, 0.25) is 5.78 Å². The maximum absolute atomic E-state index is 11.5. The lowest BCUT2D eigenvalue weighted by Gasteiger charge is -2.08. The molecule has 0 aromatic heterocycles. The van der Waals surface area contributed by atoms with Gasteiger partial charge in [0.15, 0.2) is 0 Å². The van der Waals surface area contributed by atoms with Gasteiger partial charge in [-0.15, -0.1) is 0 Å². The number of aliphatic hydroxyl groups is 2. The number of ketones is 1. The molecule has 3 N–H and O–H groups in total. The molecular formula is C16H31NO4. The maximum Gasteiger partial charge on any atom is 0.287 e. The van der Waals surface area contributed by atoms with Gasteiger partial charge in [0.1, 0.15) is 0 Å². The molecule has 0 spiro atoms. The zero-order valence-corrected chi connectivity index (χ0v) is 13.3. The third-order valence-corrected chi connectivity index (χ3v) is 3.47. The summed E-state index contributed by atoms with van der Waals surface area (Å²) in [5.74, 6) is -1.11. The minimum Gasteiger partial charge on any atom is -0.394 e. The molecule has 0 aliphatic rings. The van der Waals surface area contributed by atoms with E-state index in [-0.39, 0.29) is 13.0 Å². The predicted molar refractivity (Wildman–Crippen MR) is 83.0 cm³/mol. The van der Waals surface area contributed by atoms with E-state index in [1.807, 2.05) is 0 Å². The van der Waals surface area contributed by atoms with Gasteiger partial charge in [-0.25, -0.2) is 0 Å². The van der Waals surface area contributed by atoms with Crippen molar-refractivity contribution in [2.24, 2.45) is 0 Å². The third-order valence-electron chi connectivity index (χ3n) is 3.47. The first kappa shape index (κ1) is 20.1.